The van der Waals surface area contributed by atoms with Crippen molar-refractivity contribution in [3.63, 3.8) is 0 Å². The molecule has 0 aliphatic rings. The minimum atomic E-state index is -4.77. The first-order chi connectivity index (χ1) is 9.29. The molecule has 0 aliphatic carbocycles. The van der Waals surface area contributed by atoms with Crippen LogP contribution in [0.2, 0.25) is 0 Å². The molecule has 2 aromatic rings. The van der Waals surface area contributed by atoms with Gasteiger partial charge in [0.25, 0.3) is 0 Å². The van der Waals surface area contributed by atoms with E-state index in [4.69, 9.17) is 0 Å². The van der Waals surface area contributed by atoms with Crippen LogP contribution in [-0.2, 0) is 6.18 Å². The highest BCUT2D eigenvalue weighted by molar-refractivity contribution is 9.10. The van der Waals surface area contributed by atoms with E-state index in [1.54, 1.807) is 12.1 Å². The Morgan fingerprint density at radius 3 is 2.00 bits per heavy atom. The summed E-state index contributed by atoms with van der Waals surface area (Å²) >= 11 is 3.20. The molecule has 104 valence electrons. The molecule has 2 rings (SSSR count). The van der Waals surface area contributed by atoms with Gasteiger partial charge < -0.3 is 0 Å². The van der Waals surface area contributed by atoms with Crippen molar-refractivity contribution >= 4 is 21.7 Å². The van der Waals surface area contributed by atoms with Gasteiger partial charge in [0.1, 0.15) is 5.82 Å². The molecular formula is C14H7BrF4O. The highest BCUT2D eigenvalue weighted by Crippen LogP contribution is 2.31. The molecule has 0 N–H and O–H groups in total. The summed E-state index contributed by atoms with van der Waals surface area (Å²) in [7, 11) is 0. The fourth-order valence-electron chi connectivity index (χ4n) is 1.65. The summed E-state index contributed by atoms with van der Waals surface area (Å²) in [4.78, 5) is 12.0. The van der Waals surface area contributed by atoms with Crippen LogP contribution in [0.1, 0.15) is 21.5 Å². The number of rotatable bonds is 2. The molecule has 0 spiro atoms. The van der Waals surface area contributed by atoms with Gasteiger partial charge in [-0.25, -0.2) is 4.39 Å². The molecule has 0 unspecified atom stereocenters. The second kappa shape index (κ2) is 5.36. The maximum absolute atomic E-state index is 13.4. The van der Waals surface area contributed by atoms with Gasteiger partial charge in [0, 0.05) is 15.6 Å². The molecule has 0 amide bonds. The van der Waals surface area contributed by atoms with Crippen molar-refractivity contribution < 1.29 is 22.4 Å². The molecule has 0 radical (unpaired) electrons. The average Bonchev–Trinajstić information content (AvgIpc) is 2.37. The van der Waals surface area contributed by atoms with Gasteiger partial charge in [-0.15, -0.1) is 0 Å². The van der Waals surface area contributed by atoms with Crippen LogP contribution in [0.3, 0.4) is 0 Å². The lowest BCUT2D eigenvalue weighted by Crippen LogP contribution is -2.10. The maximum atomic E-state index is 13.4. The molecule has 0 saturated carbocycles. The number of benzene rings is 2. The zero-order valence-electron chi connectivity index (χ0n) is 9.84. The lowest BCUT2D eigenvalue weighted by Gasteiger charge is -2.09. The van der Waals surface area contributed by atoms with Crippen molar-refractivity contribution in [2.75, 3.05) is 0 Å². The number of alkyl halides is 3. The second-order valence-corrected chi connectivity index (χ2v) is 4.94. The fraction of sp³-hybridized carbons (Fsp3) is 0.0714. The van der Waals surface area contributed by atoms with Gasteiger partial charge >= 0.3 is 6.18 Å². The highest BCUT2D eigenvalue weighted by atomic mass is 79.9. The molecule has 6 heteroatoms. The van der Waals surface area contributed by atoms with Crippen molar-refractivity contribution in [1.29, 1.82) is 0 Å². The lowest BCUT2D eigenvalue weighted by molar-refractivity contribution is -0.140. The monoisotopic (exact) mass is 346 g/mol. The Kier molecular flexibility index (Phi) is 3.94. The van der Waals surface area contributed by atoms with E-state index in [2.05, 4.69) is 15.9 Å². The van der Waals surface area contributed by atoms with Crippen molar-refractivity contribution in [2.45, 2.75) is 6.18 Å². The zero-order valence-corrected chi connectivity index (χ0v) is 11.4. The van der Waals surface area contributed by atoms with Gasteiger partial charge in [0.15, 0.2) is 5.78 Å². The topological polar surface area (TPSA) is 17.1 Å². The predicted octanol–water partition coefficient (Wildman–Crippen LogP) is 4.84. The minimum Gasteiger partial charge on any atom is -0.289 e. The third-order valence-corrected chi connectivity index (χ3v) is 3.17. The molecule has 2 aromatic carbocycles. The number of halogens is 5. The summed E-state index contributed by atoms with van der Waals surface area (Å²) in [6, 6.07) is 8.39. The summed E-state index contributed by atoms with van der Waals surface area (Å²) in [6.07, 6.45) is -4.77. The number of ketones is 1. The summed E-state index contributed by atoms with van der Waals surface area (Å²) in [5.74, 6) is -1.99. The van der Waals surface area contributed by atoms with Gasteiger partial charge in [0.05, 0.1) is 5.56 Å². The Morgan fingerprint density at radius 1 is 0.950 bits per heavy atom. The summed E-state index contributed by atoms with van der Waals surface area (Å²) in [5.41, 5.74) is -1.24. The van der Waals surface area contributed by atoms with Crippen LogP contribution in [0, 0.1) is 5.82 Å². The fourth-order valence-corrected chi connectivity index (χ4v) is 1.92. The van der Waals surface area contributed by atoms with Crippen molar-refractivity contribution in [3.8, 4) is 0 Å². The van der Waals surface area contributed by atoms with Crippen LogP contribution in [0.4, 0.5) is 17.6 Å². The largest absolute Gasteiger partial charge is 0.419 e. The van der Waals surface area contributed by atoms with E-state index in [1.165, 1.54) is 12.1 Å². The summed E-state index contributed by atoms with van der Waals surface area (Å²) in [5, 5.41) is 0. The van der Waals surface area contributed by atoms with Gasteiger partial charge in [-0.2, -0.15) is 13.2 Å². The number of hydrogen-bond acceptors (Lipinski definition) is 1. The van der Waals surface area contributed by atoms with Crippen LogP contribution in [-0.4, -0.2) is 5.78 Å². The van der Waals surface area contributed by atoms with Crippen molar-refractivity contribution in [2.24, 2.45) is 0 Å². The zero-order chi connectivity index (χ0) is 14.9. The normalized spacial score (nSPS) is 11.4. The SMILES string of the molecule is O=C(c1ccc(Br)cc1)c1ccc(C(F)(F)F)c(F)c1. The highest BCUT2D eigenvalue weighted by Gasteiger charge is 2.34. The molecule has 0 fully saturated rings. The molecule has 0 aromatic heterocycles. The van der Waals surface area contributed by atoms with Gasteiger partial charge in [-0.3, -0.25) is 4.79 Å². The van der Waals surface area contributed by atoms with Gasteiger partial charge in [-0.05, 0) is 36.4 Å². The van der Waals surface area contributed by atoms with Crippen molar-refractivity contribution in [1.82, 2.24) is 0 Å². The molecule has 0 bridgehead atoms. The van der Waals surface area contributed by atoms with Gasteiger partial charge in [0.2, 0.25) is 0 Å². The van der Waals surface area contributed by atoms with Crippen LogP contribution in [0.5, 0.6) is 0 Å². The number of carbonyl (C=O) groups excluding carboxylic acids is 1. The van der Waals surface area contributed by atoms with E-state index in [1.807, 2.05) is 0 Å². The summed E-state index contributed by atoms with van der Waals surface area (Å²) < 4.78 is 51.4. The molecule has 0 aliphatic heterocycles. The smallest absolute Gasteiger partial charge is 0.289 e. The predicted molar refractivity (Wildman–Crippen MR) is 69.0 cm³/mol. The first-order valence-corrected chi connectivity index (χ1v) is 6.25. The lowest BCUT2D eigenvalue weighted by atomic mass is 10.0. The molecule has 0 saturated heterocycles. The van der Waals surface area contributed by atoms with Gasteiger partial charge in [-0.1, -0.05) is 22.0 Å². The first-order valence-electron chi connectivity index (χ1n) is 5.46. The third kappa shape index (κ3) is 3.07. The Balaban J connectivity index is 2.37. The molecule has 20 heavy (non-hydrogen) atoms. The number of carbonyl (C=O) groups is 1. The van der Waals surface area contributed by atoms with Crippen LogP contribution >= 0.6 is 15.9 Å². The van der Waals surface area contributed by atoms with E-state index in [0.29, 0.717) is 12.1 Å². The van der Waals surface area contributed by atoms with Crippen molar-refractivity contribution in [3.05, 3.63) is 69.4 Å². The molecular weight excluding hydrogens is 340 g/mol. The Hall–Kier alpha value is -1.69. The van der Waals surface area contributed by atoms with Crippen LogP contribution in [0.15, 0.2) is 46.9 Å². The average molecular weight is 347 g/mol. The van der Waals surface area contributed by atoms with E-state index in [-0.39, 0.29) is 11.1 Å². The maximum Gasteiger partial charge on any atom is 0.419 e. The summed E-state index contributed by atoms with van der Waals surface area (Å²) in [6.45, 7) is 0. The first kappa shape index (κ1) is 14.7. The van der Waals surface area contributed by atoms with E-state index in [9.17, 15) is 22.4 Å². The standard InChI is InChI=1S/C14H7BrF4O/c15-10-4-1-8(2-5-10)13(20)9-3-6-11(12(16)7-9)14(17,18)19/h1-7H. The molecule has 0 atom stereocenters. The van der Waals surface area contributed by atoms with E-state index < -0.39 is 23.3 Å². The second-order valence-electron chi connectivity index (χ2n) is 4.03. The van der Waals surface area contributed by atoms with E-state index in [0.717, 1.165) is 10.5 Å². The van der Waals surface area contributed by atoms with E-state index >= 15 is 0 Å². The minimum absolute atomic E-state index is 0.127. The Labute approximate surface area is 120 Å². The van der Waals surface area contributed by atoms with Crippen LogP contribution < -0.4 is 0 Å². The molecule has 0 heterocycles. The number of hydrogen-bond donors (Lipinski definition) is 0. The third-order valence-electron chi connectivity index (χ3n) is 2.64. The molecule has 1 nitrogen and oxygen atoms in total. The quantitative estimate of drug-likeness (QED) is 0.561. The Morgan fingerprint density at radius 2 is 1.50 bits per heavy atom. The Bertz CT molecular complexity index is 647. The van der Waals surface area contributed by atoms with Crippen LogP contribution in [0.25, 0.3) is 0 Å².